The van der Waals surface area contributed by atoms with Gasteiger partial charge in [0.15, 0.2) is 0 Å². The zero-order valence-corrected chi connectivity index (χ0v) is 13.8. The van der Waals surface area contributed by atoms with E-state index >= 15 is 0 Å². The van der Waals surface area contributed by atoms with Crippen molar-refractivity contribution < 1.29 is 0 Å². The molecule has 0 bridgehead atoms. The first-order valence-electron chi connectivity index (χ1n) is 7.08. The molecule has 1 aromatic rings. The molecule has 0 aliphatic rings. The Morgan fingerprint density at radius 3 is 2.32 bits per heavy atom. The monoisotopic (exact) mass is 280 g/mol. The zero-order valence-electron chi connectivity index (χ0n) is 12.9. The molecule has 1 unspecified atom stereocenters. The van der Waals surface area contributed by atoms with E-state index in [1.165, 1.54) is 23.4 Å². The molecule has 0 aliphatic heterocycles. The molecular weight excluding hydrogens is 252 g/mol. The third kappa shape index (κ3) is 5.87. The van der Waals surface area contributed by atoms with E-state index in [9.17, 15) is 0 Å². The Balaban J connectivity index is 2.54. The Morgan fingerprint density at radius 2 is 1.79 bits per heavy atom. The molecule has 0 fully saturated rings. The second-order valence-electron chi connectivity index (χ2n) is 5.44. The lowest BCUT2D eigenvalue weighted by atomic mass is 10.1. The van der Waals surface area contributed by atoms with E-state index in [2.05, 4.69) is 68.6 Å². The van der Waals surface area contributed by atoms with Crippen molar-refractivity contribution >= 4 is 17.4 Å². The third-order valence-corrected chi connectivity index (χ3v) is 4.10. The van der Waals surface area contributed by atoms with E-state index in [4.69, 9.17) is 0 Å². The maximum absolute atomic E-state index is 3.44. The smallest absolute Gasteiger partial charge is 0.0366 e. The minimum atomic E-state index is 0.536. The largest absolute Gasteiger partial charge is 0.372 e. The van der Waals surface area contributed by atoms with Gasteiger partial charge in [0.2, 0.25) is 0 Å². The van der Waals surface area contributed by atoms with E-state index < -0.39 is 0 Å². The Hall–Kier alpha value is -0.670. The first-order chi connectivity index (χ1) is 9.04. The highest BCUT2D eigenvalue weighted by Crippen LogP contribution is 2.18. The second-order valence-corrected chi connectivity index (χ2v) is 6.43. The lowest BCUT2D eigenvalue weighted by Gasteiger charge is -2.27. The van der Waals surface area contributed by atoms with Crippen LogP contribution in [0.15, 0.2) is 24.3 Å². The molecule has 1 N–H and O–H groups in total. The van der Waals surface area contributed by atoms with Crippen LogP contribution in [0.4, 0.5) is 5.69 Å². The lowest BCUT2D eigenvalue weighted by Crippen LogP contribution is -2.29. The van der Waals surface area contributed by atoms with Crippen molar-refractivity contribution in [2.75, 3.05) is 24.0 Å². The van der Waals surface area contributed by atoms with Gasteiger partial charge in [-0.25, -0.2) is 0 Å². The predicted octanol–water partition coefficient (Wildman–Crippen LogP) is 3.76. The van der Waals surface area contributed by atoms with E-state index in [-0.39, 0.29) is 0 Å². The van der Waals surface area contributed by atoms with Crippen LogP contribution in [0.5, 0.6) is 0 Å². The Labute approximate surface area is 123 Å². The highest BCUT2D eigenvalue weighted by atomic mass is 32.2. The summed E-state index contributed by atoms with van der Waals surface area (Å²) < 4.78 is 0. The topological polar surface area (TPSA) is 15.3 Å². The van der Waals surface area contributed by atoms with Gasteiger partial charge in [0.05, 0.1) is 0 Å². The maximum atomic E-state index is 3.44. The average molecular weight is 280 g/mol. The quantitative estimate of drug-likeness (QED) is 0.780. The minimum Gasteiger partial charge on any atom is -0.372 e. The molecule has 0 radical (unpaired) electrons. The van der Waals surface area contributed by atoms with Crippen molar-refractivity contribution in [2.45, 2.75) is 45.8 Å². The van der Waals surface area contributed by atoms with E-state index in [1.807, 2.05) is 11.8 Å². The number of hydrogen-bond donors (Lipinski definition) is 1. The summed E-state index contributed by atoms with van der Waals surface area (Å²) >= 11 is 1.92. The van der Waals surface area contributed by atoms with Crippen LogP contribution in [0.1, 0.15) is 32.8 Å². The maximum Gasteiger partial charge on any atom is 0.0366 e. The van der Waals surface area contributed by atoms with Crippen molar-refractivity contribution in [2.24, 2.45) is 0 Å². The lowest BCUT2D eigenvalue weighted by molar-refractivity contribution is 0.589. The fraction of sp³-hybridized carbons (Fsp3) is 0.625. The molecule has 0 spiro atoms. The van der Waals surface area contributed by atoms with Crippen molar-refractivity contribution in [1.29, 1.82) is 0 Å². The fourth-order valence-electron chi connectivity index (χ4n) is 1.91. The van der Waals surface area contributed by atoms with Gasteiger partial charge < -0.3 is 10.2 Å². The number of anilines is 1. The Kier molecular flexibility index (Phi) is 7.32. The van der Waals surface area contributed by atoms with Gasteiger partial charge in [-0.2, -0.15) is 11.8 Å². The van der Waals surface area contributed by atoms with Crippen LogP contribution in [0.2, 0.25) is 0 Å². The van der Waals surface area contributed by atoms with Crippen LogP contribution in [0, 0.1) is 0 Å². The summed E-state index contributed by atoms with van der Waals surface area (Å²) in [6.45, 7) is 7.60. The van der Waals surface area contributed by atoms with Crippen LogP contribution in [0.25, 0.3) is 0 Å². The molecule has 0 amide bonds. The summed E-state index contributed by atoms with van der Waals surface area (Å²) in [5.74, 6) is 1.22. The number of thioether (sulfide) groups is 1. The molecule has 0 saturated heterocycles. The molecule has 108 valence electrons. The van der Waals surface area contributed by atoms with Crippen molar-refractivity contribution in [1.82, 2.24) is 5.32 Å². The molecule has 0 saturated carbocycles. The van der Waals surface area contributed by atoms with Gasteiger partial charge in [-0.1, -0.05) is 26.0 Å². The normalized spacial score (nSPS) is 12.7. The number of hydrogen-bond acceptors (Lipinski definition) is 3. The van der Waals surface area contributed by atoms with Gasteiger partial charge in [0.1, 0.15) is 0 Å². The summed E-state index contributed by atoms with van der Waals surface area (Å²) in [7, 11) is 2.19. The summed E-state index contributed by atoms with van der Waals surface area (Å²) in [6, 6.07) is 10.0. The molecule has 1 rings (SSSR count). The number of benzene rings is 1. The number of nitrogens with one attached hydrogen (secondary N) is 1. The van der Waals surface area contributed by atoms with Gasteiger partial charge in [-0.05, 0) is 43.0 Å². The van der Waals surface area contributed by atoms with Crippen LogP contribution in [0.3, 0.4) is 0 Å². The standard InChI is InChI=1S/C16H28N2S/c1-13(2)17-12-15-6-8-16(9-7-15)18(4)14(3)10-11-19-5/h6-9,13-14,17H,10-12H2,1-5H3. The fourth-order valence-corrected chi connectivity index (χ4v) is 2.48. The van der Waals surface area contributed by atoms with Crippen LogP contribution >= 0.6 is 11.8 Å². The molecule has 19 heavy (non-hydrogen) atoms. The van der Waals surface area contributed by atoms with E-state index in [0.29, 0.717) is 12.1 Å². The summed E-state index contributed by atoms with van der Waals surface area (Å²) in [6.07, 6.45) is 3.40. The van der Waals surface area contributed by atoms with Crippen LogP contribution in [-0.2, 0) is 6.54 Å². The second kappa shape index (κ2) is 8.49. The van der Waals surface area contributed by atoms with Gasteiger partial charge in [-0.15, -0.1) is 0 Å². The van der Waals surface area contributed by atoms with Crippen LogP contribution in [-0.4, -0.2) is 31.1 Å². The average Bonchev–Trinajstić information content (AvgIpc) is 2.42. The SMILES string of the molecule is CSCCC(C)N(C)c1ccc(CNC(C)C)cc1. The van der Waals surface area contributed by atoms with Gasteiger partial charge >= 0.3 is 0 Å². The number of rotatable bonds is 8. The van der Waals surface area contributed by atoms with Crippen molar-refractivity contribution in [3.63, 3.8) is 0 Å². The Morgan fingerprint density at radius 1 is 1.16 bits per heavy atom. The van der Waals surface area contributed by atoms with E-state index in [1.54, 1.807) is 0 Å². The summed E-state index contributed by atoms with van der Waals surface area (Å²) in [5, 5.41) is 3.44. The van der Waals surface area contributed by atoms with Crippen molar-refractivity contribution in [3.8, 4) is 0 Å². The molecule has 0 heterocycles. The minimum absolute atomic E-state index is 0.536. The van der Waals surface area contributed by atoms with Gasteiger partial charge in [0.25, 0.3) is 0 Å². The van der Waals surface area contributed by atoms with E-state index in [0.717, 1.165) is 6.54 Å². The Bertz CT molecular complexity index is 348. The molecular formula is C16H28N2S. The molecule has 2 nitrogen and oxygen atoms in total. The first-order valence-corrected chi connectivity index (χ1v) is 8.48. The molecule has 1 atom stereocenters. The van der Waals surface area contributed by atoms with Crippen LogP contribution < -0.4 is 10.2 Å². The first kappa shape index (κ1) is 16.4. The molecule has 3 heteroatoms. The summed E-state index contributed by atoms with van der Waals surface area (Å²) in [4.78, 5) is 2.37. The van der Waals surface area contributed by atoms with Gasteiger partial charge in [-0.3, -0.25) is 0 Å². The third-order valence-electron chi connectivity index (χ3n) is 3.46. The molecule has 1 aromatic carbocycles. The molecule has 0 aliphatic carbocycles. The number of nitrogens with zero attached hydrogens (tertiary/aromatic N) is 1. The molecule has 0 aromatic heterocycles. The highest BCUT2D eigenvalue weighted by molar-refractivity contribution is 7.98. The van der Waals surface area contributed by atoms with Crippen molar-refractivity contribution in [3.05, 3.63) is 29.8 Å². The predicted molar refractivity (Wildman–Crippen MR) is 89.3 cm³/mol. The zero-order chi connectivity index (χ0) is 14.3. The highest BCUT2D eigenvalue weighted by Gasteiger charge is 2.09. The summed E-state index contributed by atoms with van der Waals surface area (Å²) in [5.41, 5.74) is 2.66. The van der Waals surface area contributed by atoms with Gasteiger partial charge in [0, 0.05) is 31.4 Å².